The first-order chi connectivity index (χ1) is 5.90. The van der Waals surface area contributed by atoms with Crippen molar-refractivity contribution < 1.29 is 8.94 Å². The van der Waals surface area contributed by atoms with Gasteiger partial charge in [-0.15, -0.1) is 0 Å². The van der Waals surface area contributed by atoms with Gasteiger partial charge in [0, 0.05) is 0 Å². The Labute approximate surface area is 67.4 Å². The molecule has 0 amide bonds. The Morgan fingerprint density at radius 1 is 1.42 bits per heavy atom. The van der Waals surface area contributed by atoms with Crippen molar-refractivity contribution in [1.29, 1.82) is 0 Å². The third kappa shape index (κ3) is 1.08. The van der Waals surface area contributed by atoms with Crippen molar-refractivity contribution in [1.82, 2.24) is 15.1 Å². The average Bonchev–Trinajstić information content (AvgIpc) is 2.75. The molecule has 0 atom stereocenters. The normalized spacial score (nSPS) is 10.4. The van der Waals surface area contributed by atoms with Crippen LogP contribution >= 0.6 is 0 Å². The van der Waals surface area contributed by atoms with Gasteiger partial charge in [0.05, 0.1) is 12.7 Å². The standard InChI is InChI=1S/C6H6N4O2/c7-3-4-9-6(12-10-4)5-8-1-2-11-5/h1-2H,3,7H2. The van der Waals surface area contributed by atoms with Crippen molar-refractivity contribution in [2.24, 2.45) is 5.73 Å². The fourth-order valence-electron chi connectivity index (χ4n) is 0.753. The van der Waals surface area contributed by atoms with Gasteiger partial charge in [0.2, 0.25) is 0 Å². The van der Waals surface area contributed by atoms with Crippen LogP contribution in [-0.4, -0.2) is 15.1 Å². The topological polar surface area (TPSA) is 91.0 Å². The molecular weight excluding hydrogens is 160 g/mol. The molecule has 62 valence electrons. The lowest BCUT2D eigenvalue weighted by molar-refractivity contribution is 0.406. The summed E-state index contributed by atoms with van der Waals surface area (Å²) < 4.78 is 9.73. The Morgan fingerprint density at radius 3 is 2.92 bits per heavy atom. The molecule has 0 saturated heterocycles. The highest BCUT2D eigenvalue weighted by atomic mass is 16.5. The molecule has 0 unspecified atom stereocenters. The summed E-state index contributed by atoms with van der Waals surface area (Å²) in [5.41, 5.74) is 5.28. The van der Waals surface area contributed by atoms with Crippen LogP contribution in [-0.2, 0) is 6.54 Å². The van der Waals surface area contributed by atoms with E-state index in [0.29, 0.717) is 11.7 Å². The summed E-state index contributed by atoms with van der Waals surface area (Å²) in [5, 5.41) is 3.58. The Balaban J connectivity index is 2.35. The molecule has 0 aliphatic rings. The van der Waals surface area contributed by atoms with E-state index in [-0.39, 0.29) is 12.4 Å². The second-order valence-electron chi connectivity index (χ2n) is 2.06. The number of rotatable bonds is 2. The molecule has 0 aliphatic carbocycles. The minimum Gasteiger partial charge on any atom is -0.441 e. The van der Waals surface area contributed by atoms with Gasteiger partial charge in [-0.1, -0.05) is 5.16 Å². The molecule has 2 aromatic rings. The van der Waals surface area contributed by atoms with Gasteiger partial charge in [0.15, 0.2) is 5.82 Å². The van der Waals surface area contributed by atoms with Gasteiger partial charge in [-0.2, -0.15) is 4.98 Å². The van der Waals surface area contributed by atoms with Gasteiger partial charge < -0.3 is 14.7 Å². The highest BCUT2D eigenvalue weighted by molar-refractivity contribution is 5.35. The van der Waals surface area contributed by atoms with Gasteiger partial charge in [-0.05, 0) is 0 Å². The van der Waals surface area contributed by atoms with E-state index in [1.165, 1.54) is 12.5 Å². The number of hydrogen-bond donors (Lipinski definition) is 1. The van der Waals surface area contributed by atoms with Gasteiger partial charge in [0.1, 0.15) is 6.26 Å². The Hall–Kier alpha value is -1.69. The molecule has 12 heavy (non-hydrogen) atoms. The molecule has 0 aromatic carbocycles. The molecule has 2 heterocycles. The summed E-state index contributed by atoms with van der Waals surface area (Å²) in [4.78, 5) is 7.74. The lowest BCUT2D eigenvalue weighted by atomic mass is 10.6. The maximum Gasteiger partial charge on any atom is 0.313 e. The number of nitrogens with zero attached hydrogens (tertiary/aromatic N) is 3. The Bertz CT molecular complexity index is 353. The van der Waals surface area contributed by atoms with Crippen molar-refractivity contribution in [3.8, 4) is 11.8 Å². The summed E-state index contributed by atoms with van der Waals surface area (Å²) in [6.45, 7) is 0.240. The van der Waals surface area contributed by atoms with Crippen LogP contribution in [0.1, 0.15) is 5.82 Å². The number of oxazole rings is 1. The number of hydrogen-bond acceptors (Lipinski definition) is 6. The highest BCUT2D eigenvalue weighted by Gasteiger charge is 2.10. The van der Waals surface area contributed by atoms with E-state index >= 15 is 0 Å². The molecule has 0 saturated carbocycles. The van der Waals surface area contributed by atoms with Crippen LogP contribution in [0.15, 0.2) is 21.4 Å². The Morgan fingerprint density at radius 2 is 2.33 bits per heavy atom. The lowest BCUT2D eigenvalue weighted by Crippen LogP contribution is -1.97. The molecular formula is C6H6N4O2. The highest BCUT2D eigenvalue weighted by Crippen LogP contribution is 2.13. The van der Waals surface area contributed by atoms with Crippen molar-refractivity contribution in [3.63, 3.8) is 0 Å². The first kappa shape index (κ1) is 6.99. The summed E-state index contributed by atoms with van der Waals surface area (Å²) in [7, 11) is 0. The largest absolute Gasteiger partial charge is 0.441 e. The van der Waals surface area contributed by atoms with Crippen molar-refractivity contribution in [2.75, 3.05) is 0 Å². The fourth-order valence-corrected chi connectivity index (χ4v) is 0.753. The van der Waals surface area contributed by atoms with Crippen LogP contribution in [0.2, 0.25) is 0 Å². The number of aromatic nitrogens is 3. The van der Waals surface area contributed by atoms with E-state index < -0.39 is 0 Å². The maximum atomic E-state index is 5.28. The minimum absolute atomic E-state index is 0.240. The third-order valence-corrected chi connectivity index (χ3v) is 1.27. The van der Waals surface area contributed by atoms with Crippen LogP contribution < -0.4 is 5.73 Å². The molecule has 2 aromatic heterocycles. The Kier molecular flexibility index (Phi) is 1.60. The quantitative estimate of drug-likeness (QED) is 0.684. The fraction of sp³-hybridized carbons (Fsp3) is 0.167. The molecule has 0 spiro atoms. The van der Waals surface area contributed by atoms with Crippen LogP contribution in [0.3, 0.4) is 0 Å². The van der Waals surface area contributed by atoms with E-state index in [4.69, 9.17) is 14.7 Å². The summed E-state index contributed by atoms with van der Waals surface area (Å²) in [5.74, 6) is 0.992. The second kappa shape index (κ2) is 2.74. The van der Waals surface area contributed by atoms with Crippen LogP contribution in [0.4, 0.5) is 0 Å². The van der Waals surface area contributed by atoms with Crippen LogP contribution in [0.25, 0.3) is 11.8 Å². The predicted molar refractivity (Wildman–Crippen MR) is 37.7 cm³/mol. The van der Waals surface area contributed by atoms with E-state index in [2.05, 4.69) is 15.1 Å². The second-order valence-corrected chi connectivity index (χ2v) is 2.06. The van der Waals surface area contributed by atoms with E-state index in [9.17, 15) is 0 Å². The minimum atomic E-state index is 0.240. The molecule has 2 rings (SSSR count). The van der Waals surface area contributed by atoms with Gasteiger partial charge in [-0.3, -0.25) is 0 Å². The predicted octanol–water partition coefficient (Wildman–Crippen LogP) is 0.183. The number of nitrogens with two attached hydrogens (primary N) is 1. The molecule has 6 heteroatoms. The summed E-state index contributed by atoms with van der Waals surface area (Å²) in [6, 6.07) is 0. The maximum absolute atomic E-state index is 5.28. The zero-order chi connectivity index (χ0) is 8.39. The molecule has 6 nitrogen and oxygen atoms in total. The lowest BCUT2D eigenvalue weighted by Gasteiger charge is -1.80. The molecule has 2 N–H and O–H groups in total. The molecule has 0 fully saturated rings. The zero-order valence-electron chi connectivity index (χ0n) is 6.10. The van der Waals surface area contributed by atoms with Crippen molar-refractivity contribution in [3.05, 3.63) is 18.3 Å². The van der Waals surface area contributed by atoms with Crippen LogP contribution in [0.5, 0.6) is 0 Å². The summed E-state index contributed by atoms with van der Waals surface area (Å²) >= 11 is 0. The first-order valence-electron chi connectivity index (χ1n) is 3.32. The summed E-state index contributed by atoms with van der Waals surface area (Å²) in [6.07, 6.45) is 2.93. The first-order valence-corrected chi connectivity index (χ1v) is 3.32. The van der Waals surface area contributed by atoms with E-state index in [1.807, 2.05) is 0 Å². The molecule has 0 aliphatic heterocycles. The average molecular weight is 166 g/mol. The molecule has 0 bridgehead atoms. The third-order valence-electron chi connectivity index (χ3n) is 1.27. The van der Waals surface area contributed by atoms with E-state index in [1.54, 1.807) is 0 Å². The monoisotopic (exact) mass is 166 g/mol. The van der Waals surface area contributed by atoms with Gasteiger partial charge in [0.25, 0.3) is 5.89 Å². The van der Waals surface area contributed by atoms with Gasteiger partial charge >= 0.3 is 5.89 Å². The van der Waals surface area contributed by atoms with Crippen LogP contribution in [0, 0.1) is 0 Å². The SMILES string of the molecule is NCc1noc(-c2ncco2)n1. The smallest absolute Gasteiger partial charge is 0.313 e. The molecule has 0 radical (unpaired) electrons. The zero-order valence-corrected chi connectivity index (χ0v) is 6.10. The van der Waals surface area contributed by atoms with E-state index in [0.717, 1.165) is 0 Å². The van der Waals surface area contributed by atoms with Crippen molar-refractivity contribution >= 4 is 0 Å². The van der Waals surface area contributed by atoms with Gasteiger partial charge in [-0.25, -0.2) is 4.98 Å². The van der Waals surface area contributed by atoms with Crippen molar-refractivity contribution in [2.45, 2.75) is 6.54 Å².